The van der Waals surface area contributed by atoms with Crippen LogP contribution in [0.25, 0.3) is 16.2 Å². The SMILES string of the molecule is COc1ccc(OC)c(-c2c(C)sc3nccn23)c1. The lowest BCUT2D eigenvalue weighted by molar-refractivity contribution is 0.404. The molecule has 0 radical (unpaired) electrons. The number of benzene rings is 1. The first-order valence-electron chi connectivity index (χ1n) is 5.89. The molecule has 2 aromatic heterocycles. The predicted molar refractivity (Wildman–Crippen MR) is 76.3 cm³/mol. The highest BCUT2D eigenvalue weighted by atomic mass is 32.1. The topological polar surface area (TPSA) is 35.8 Å². The lowest BCUT2D eigenvalue weighted by Gasteiger charge is -2.10. The standard InChI is InChI=1S/C14H14N2O2S/c1-9-13(16-7-6-15-14(16)19-9)11-8-10(17-2)4-5-12(11)18-3/h4-8H,1-3H3. The third-order valence-electron chi connectivity index (χ3n) is 3.09. The van der Waals surface area contributed by atoms with E-state index in [1.54, 1.807) is 31.8 Å². The molecule has 0 N–H and O–H groups in total. The fourth-order valence-corrected chi connectivity index (χ4v) is 3.15. The summed E-state index contributed by atoms with van der Waals surface area (Å²) in [5, 5.41) is 0. The zero-order valence-electron chi connectivity index (χ0n) is 11.0. The van der Waals surface area contributed by atoms with Gasteiger partial charge in [-0.15, -0.1) is 11.3 Å². The Morgan fingerprint density at radius 1 is 1.21 bits per heavy atom. The summed E-state index contributed by atoms with van der Waals surface area (Å²) in [4.78, 5) is 6.52. The van der Waals surface area contributed by atoms with Crippen LogP contribution in [-0.4, -0.2) is 23.6 Å². The third kappa shape index (κ3) is 1.86. The van der Waals surface area contributed by atoms with Gasteiger partial charge >= 0.3 is 0 Å². The van der Waals surface area contributed by atoms with Gasteiger partial charge in [0.1, 0.15) is 11.5 Å². The predicted octanol–water partition coefficient (Wildman–Crippen LogP) is 3.39. The molecule has 98 valence electrons. The van der Waals surface area contributed by atoms with E-state index in [1.165, 1.54) is 4.88 Å². The normalized spacial score (nSPS) is 10.9. The van der Waals surface area contributed by atoms with Gasteiger partial charge in [0.05, 0.1) is 19.9 Å². The van der Waals surface area contributed by atoms with Gasteiger partial charge in [-0.25, -0.2) is 4.98 Å². The van der Waals surface area contributed by atoms with Gasteiger partial charge in [0, 0.05) is 22.8 Å². The summed E-state index contributed by atoms with van der Waals surface area (Å²) in [7, 11) is 3.34. The van der Waals surface area contributed by atoms with Crippen LogP contribution in [0, 0.1) is 6.92 Å². The van der Waals surface area contributed by atoms with Gasteiger partial charge in [0.25, 0.3) is 0 Å². The number of ether oxygens (including phenoxy) is 2. The smallest absolute Gasteiger partial charge is 0.194 e. The zero-order chi connectivity index (χ0) is 13.4. The molecule has 0 spiro atoms. The first kappa shape index (κ1) is 12.0. The summed E-state index contributed by atoms with van der Waals surface area (Å²) in [5.41, 5.74) is 2.12. The molecule has 0 aliphatic rings. The quantitative estimate of drug-likeness (QED) is 0.734. The van der Waals surface area contributed by atoms with Crippen molar-refractivity contribution in [1.82, 2.24) is 9.38 Å². The number of fused-ring (bicyclic) bond motifs is 1. The minimum atomic E-state index is 0.815. The Balaban J connectivity index is 2.30. The van der Waals surface area contributed by atoms with E-state index in [0.717, 1.165) is 27.7 Å². The van der Waals surface area contributed by atoms with Crippen molar-refractivity contribution in [3.05, 3.63) is 35.5 Å². The van der Waals surface area contributed by atoms with Crippen molar-refractivity contribution in [2.45, 2.75) is 6.92 Å². The Labute approximate surface area is 115 Å². The van der Waals surface area contributed by atoms with Crippen LogP contribution < -0.4 is 9.47 Å². The van der Waals surface area contributed by atoms with Crippen LogP contribution in [0.2, 0.25) is 0 Å². The van der Waals surface area contributed by atoms with E-state index >= 15 is 0 Å². The molecule has 4 nitrogen and oxygen atoms in total. The Morgan fingerprint density at radius 2 is 2.05 bits per heavy atom. The van der Waals surface area contributed by atoms with E-state index in [-0.39, 0.29) is 0 Å². The Hall–Kier alpha value is -2.01. The van der Waals surface area contributed by atoms with E-state index < -0.39 is 0 Å². The average molecular weight is 274 g/mol. The largest absolute Gasteiger partial charge is 0.497 e. The van der Waals surface area contributed by atoms with Gasteiger partial charge in [0.15, 0.2) is 4.96 Å². The molecule has 5 heteroatoms. The number of methoxy groups -OCH3 is 2. The van der Waals surface area contributed by atoms with Gasteiger partial charge in [0.2, 0.25) is 0 Å². The van der Waals surface area contributed by atoms with Gasteiger partial charge in [-0.2, -0.15) is 0 Å². The lowest BCUT2D eigenvalue weighted by atomic mass is 10.1. The highest BCUT2D eigenvalue weighted by molar-refractivity contribution is 7.17. The summed E-state index contributed by atoms with van der Waals surface area (Å²) in [5.74, 6) is 1.65. The van der Waals surface area contributed by atoms with Crippen molar-refractivity contribution in [1.29, 1.82) is 0 Å². The van der Waals surface area contributed by atoms with Crippen molar-refractivity contribution in [2.75, 3.05) is 14.2 Å². The highest BCUT2D eigenvalue weighted by Gasteiger charge is 2.16. The van der Waals surface area contributed by atoms with Crippen molar-refractivity contribution < 1.29 is 9.47 Å². The van der Waals surface area contributed by atoms with Crippen molar-refractivity contribution in [2.24, 2.45) is 0 Å². The van der Waals surface area contributed by atoms with Crippen LogP contribution in [-0.2, 0) is 0 Å². The van der Waals surface area contributed by atoms with Crippen LogP contribution in [0.1, 0.15) is 4.88 Å². The maximum absolute atomic E-state index is 5.46. The van der Waals surface area contributed by atoms with E-state index in [2.05, 4.69) is 16.3 Å². The second-order valence-corrected chi connectivity index (χ2v) is 5.33. The summed E-state index contributed by atoms with van der Waals surface area (Å²) < 4.78 is 12.9. The molecular weight excluding hydrogens is 260 g/mol. The fraction of sp³-hybridized carbons (Fsp3) is 0.214. The highest BCUT2D eigenvalue weighted by Crippen LogP contribution is 2.38. The average Bonchev–Trinajstić information content (AvgIpc) is 2.97. The third-order valence-corrected chi connectivity index (χ3v) is 4.07. The molecule has 2 heterocycles. The number of hydrogen-bond acceptors (Lipinski definition) is 4. The lowest BCUT2D eigenvalue weighted by Crippen LogP contribution is -1.93. The summed E-state index contributed by atoms with van der Waals surface area (Å²) in [6.45, 7) is 2.09. The van der Waals surface area contributed by atoms with Crippen LogP contribution in [0.4, 0.5) is 0 Å². The van der Waals surface area contributed by atoms with Gasteiger partial charge in [-0.1, -0.05) is 0 Å². The molecule has 0 amide bonds. The van der Waals surface area contributed by atoms with E-state index in [4.69, 9.17) is 9.47 Å². The first-order valence-corrected chi connectivity index (χ1v) is 6.71. The number of nitrogens with zero attached hydrogens (tertiary/aromatic N) is 2. The van der Waals surface area contributed by atoms with Crippen molar-refractivity contribution >= 4 is 16.3 Å². The molecule has 0 fully saturated rings. The maximum atomic E-state index is 5.46. The number of aryl methyl sites for hydroxylation is 1. The second kappa shape index (κ2) is 4.59. The van der Waals surface area contributed by atoms with Crippen molar-refractivity contribution in [3.63, 3.8) is 0 Å². The minimum absolute atomic E-state index is 0.815. The molecule has 0 unspecified atom stereocenters. The van der Waals surface area contributed by atoms with Crippen LogP contribution in [0.15, 0.2) is 30.6 Å². The van der Waals surface area contributed by atoms with Crippen molar-refractivity contribution in [3.8, 4) is 22.8 Å². The van der Waals surface area contributed by atoms with Crippen LogP contribution >= 0.6 is 11.3 Å². The van der Waals surface area contributed by atoms with Gasteiger partial charge < -0.3 is 9.47 Å². The number of thiazole rings is 1. The number of aromatic nitrogens is 2. The summed E-state index contributed by atoms with van der Waals surface area (Å²) >= 11 is 1.67. The molecule has 0 aliphatic heterocycles. The summed E-state index contributed by atoms with van der Waals surface area (Å²) in [6.07, 6.45) is 3.77. The van der Waals surface area contributed by atoms with E-state index in [1.807, 2.05) is 24.4 Å². The molecular formula is C14H14N2O2S. The number of hydrogen-bond donors (Lipinski definition) is 0. The number of imidazole rings is 1. The Morgan fingerprint density at radius 3 is 2.79 bits per heavy atom. The molecule has 0 atom stereocenters. The van der Waals surface area contributed by atoms with Crippen LogP contribution in [0.3, 0.4) is 0 Å². The van der Waals surface area contributed by atoms with E-state index in [9.17, 15) is 0 Å². The monoisotopic (exact) mass is 274 g/mol. The van der Waals surface area contributed by atoms with E-state index in [0.29, 0.717) is 0 Å². The zero-order valence-corrected chi connectivity index (χ0v) is 11.8. The second-order valence-electron chi connectivity index (χ2n) is 4.15. The van der Waals surface area contributed by atoms with Gasteiger partial charge in [-0.05, 0) is 25.1 Å². The van der Waals surface area contributed by atoms with Crippen LogP contribution in [0.5, 0.6) is 11.5 Å². The first-order chi connectivity index (χ1) is 9.24. The molecule has 1 aromatic carbocycles. The molecule has 0 bridgehead atoms. The molecule has 3 aromatic rings. The Bertz CT molecular complexity index is 730. The Kier molecular flexibility index (Phi) is 2.91. The molecule has 0 aliphatic carbocycles. The molecule has 19 heavy (non-hydrogen) atoms. The molecule has 0 saturated heterocycles. The molecule has 3 rings (SSSR count). The van der Waals surface area contributed by atoms with Gasteiger partial charge in [-0.3, -0.25) is 4.40 Å². The fourth-order valence-electron chi connectivity index (χ4n) is 2.21. The molecule has 0 saturated carbocycles. The minimum Gasteiger partial charge on any atom is -0.497 e. The number of rotatable bonds is 3. The summed E-state index contributed by atoms with van der Waals surface area (Å²) in [6, 6.07) is 5.82. The maximum Gasteiger partial charge on any atom is 0.194 e.